The van der Waals surface area contributed by atoms with Crippen LogP contribution in [0.1, 0.15) is 30.1 Å². The Hall–Kier alpha value is -2.81. The molecular formula is C16H17N3O3. The molecular weight excluding hydrogens is 282 g/mol. The molecule has 0 spiro atoms. The van der Waals surface area contributed by atoms with Crippen LogP contribution in [0.5, 0.6) is 0 Å². The topological polar surface area (TPSA) is 91.2 Å². The molecule has 1 aliphatic rings. The molecule has 2 N–H and O–H groups in total. The molecule has 0 aromatic heterocycles. The van der Waals surface area contributed by atoms with Crippen LogP contribution < -0.4 is 10.6 Å². The minimum absolute atomic E-state index is 0.0365. The largest absolute Gasteiger partial charge is 0.462 e. The van der Waals surface area contributed by atoms with Gasteiger partial charge in [0.25, 0.3) is 5.91 Å². The first kappa shape index (κ1) is 15.6. The maximum atomic E-state index is 12.1. The Morgan fingerprint density at radius 3 is 2.77 bits per heavy atom. The third-order valence-electron chi connectivity index (χ3n) is 3.08. The van der Waals surface area contributed by atoms with Crippen molar-refractivity contribution in [2.45, 2.75) is 25.8 Å². The SMILES string of the molecule is CCOC(=O)c1ccccc1NC(=O)/C(C#N)=C\NC1CC1. The highest BCUT2D eigenvalue weighted by Gasteiger charge is 2.21. The summed E-state index contributed by atoms with van der Waals surface area (Å²) in [5, 5.41) is 14.6. The fraction of sp³-hybridized carbons (Fsp3) is 0.312. The Morgan fingerprint density at radius 1 is 1.41 bits per heavy atom. The van der Waals surface area contributed by atoms with Crippen molar-refractivity contribution in [3.05, 3.63) is 41.6 Å². The van der Waals surface area contributed by atoms with Gasteiger partial charge in [-0.15, -0.1) is 0 Å². The van der Waals surface area contributed by atoms with E-state index in [0.29, 0.717) is 11.7 Å². The average Bonchev–Trinajstić information content (AvgIpc) is 3.33. The number of amides is 1. The number of anilines is 1. The van der Waals surface area contributed by atoms with E-state index >= 15 is 0 Å². The van der Waals surface area contributed by atoms with E-state index in [1.165, 1.54) is 6.20 Å². The molecule has 2 rings (SSSR count). The molecule has 0 radical (unpaired) electrons. The molecule has 1 aliphatic carbocycles. The number of esters is 1. The second-order valence-corrected chi connectivity index (χ2v) is 4.83. The van der Waals surface area contributed by atoms with E-state index in [1.807, 2.05) is 6.07 Å². The van der Waals surface area contributed by atoms with Crippen LogP contribution in [0.15, 0.2) is 36.0 Å². The highest BCUT2D eigenvalue weighted by molar-refractivity contribution is 6.09. The highest BCUT2D eigenvalue weighted by Crippen LogP contribution is 2.19. The Balaban J connectivity index is 2.12. The van der Waals surface area contributed by atoms with Gasteiger partial charge in [-0.05, 0) is 31.9 Å². The molecule has 1 amide bonds. The van der Waals surface area contributed by atoms with E-state index < -0.39 is 11.9 Å². The summed E-state index contributed by atoms with van der Waals surface area (Å²) in [6, 6.07) is 8.72. The van der Waals surface area contributed by atoms with Crippen LogP contribution in [0.25, 0.3) is 0 Å². The van der Waals surface area contributed by atoms with Crippen LogP contribution in [0.3, 0.4) is 0 Å². The maximum absolute atomic E-state index is 12.1. The van der Waals surface area contributed by atoms with Crippen molar-refractivity contribution >= 4 is 17.6 Å². The molecule has 0 atom stereocenters. The minimum Gasteiger partial charge on any atom is -0.462 e. The number of rotatable bonds is 6. The molecule has 0 heterocycles. The summed E-state index contributed by atoms with van der Waals surface area (Å²) < 4.78 is 4.94. The molecule has 0 aliphatic heterocycles. The molecule has 6 heteroatoms. The summed E-state index contributed by atoms with van der Waals surface area (Å²) in [6.45, 7) is 1.95. The summed E-state index contributed by atoms with van der Waals surface area (Å²) in [4.78, 5) is 24.0. The first-order valence-corrected chi connectivity index (χ1v) is 7.09. The number of ether oxygens (including phenoxy) is 1. The molecule has 1 saturated carbocycles. The molecule has 22 heavy (non-hydrogen) atoms. The quantitative estimate of drug-likeness (QED) is 0.476. The number of nitrogens with zero attached hydrogens (tertiary/aromatic N) is 1. The van der Waals surface area contributed by atoms with Crippen molar-refractivity contribution in [3.8, 4) is 6.07 Å². The smallest absolute Gasteiger partial charge is 0.340 e. The Bertz CT molecular complexity index is 642. The van der Waals surface area contributed by atoms with Gasteiger partial charge in [-0.1, -0.05) is 12.1 Å². The number of nitriles is 1. The fourth-order valence-electron chi connectivity index (χ4n) is 1.77. The zero-order chi connectivity index (χ0) is 15.9. The number of nitrogens with one attached hydrogen (secondary N) is 2. The number of carbonyl (C=O) groups is 2. The summed E-state index contributed by atoms with van der Waals surface area (Å²) >= 11 is 0. The van der Waals surface area contributed by atoms with Gasteiger partial charge in [0.05, 0.1) is 17.9 Å². The van der Waals surface area contributed by atoms with Crippen LogP contribution in [-0.2, 0) is 9.53 Å². The van der Waals surface area contributed by atoms with Crippen LogP contribution in [0.2, 0.25) is 0 Å². The van der Waals surface area contributed by atoms with Gasteiger partial charge in [0.1, 0.15) is 11.6 Å². The molecule has 1 fully saturated rings. The number of para-hydroxylation sites is 1. The van der Waals surface area contributed by atoms with Crippen LogP contribution in [0, 0.1) is 11.3 Å². The predicted molar refractivity (Wildman–Crippen MR) is 80.9 cm³/mol. The van der Waals surface area contributed by atoms with E-state index in [4.69, 9.17) is 10.00 Å². The van der Waals surface area contributed by atoms with Crippen molar-refractivity contribution < 1.29 is 14.3 Å². The third kappa shape index (κ3) is 4.09. The predicted octanol–water partition coefficient (Wildman–Crippen LogP) is 1.96. The average molecular weight is 299 g/mol. The summed E-state index contributed by atoms with van der Waals surface area (Å²) in [7, 11) is 0. The lowest BCUT2D eigenvalue weighted by Gasteiger charge is -2.10. The van der Waals surface area contributed by atoms with Gasteiger partial charge < -0.3 is 15.4 Å². The number of hydrogen-bond donors (Lipinski definition) is 2. The second kappa shape index (κ2) is 7.27. The monoisotopic (exact) mass is 299 g/mol. The van der Waals surface area contributed by atoms with E-state index in [0.717, 1.165) is 12.8 Å². The number of benzene rings is 1. The summed E-state index contributed by atoms with van der Waals surface area (Å²) in [5.41, 5.74) is 0.536. The van der Waals surface area contributed by atoms with Crippen molar-refractivity contribution in [3.63, 3.8) is 0 Å². The lowest BCUT2D eigenvalue weighted by Crippen LogP contribution is -2.19. The second-order valence-electron chi connectivity index (χ2n) is 4.83. The van der Waals surface area contributed by atoms with Gasteiger partial charge >= 0.3 is 5.97 Å². The van der Waals surface area contributed by atoms with Crippen LogP contribution in [-0.4, -0.2) is 24.5 Å². The third-order valence-corrected chi connectivity index (χ3v) is 3.08. The lowest BCUT2D eigenvalue weighted by molar-refractivity contribution is -0.112. The Morgan fingerprint density at radius 2 is 2.14 bits per heavy atom. The van der Waals surface area contributed by atoms with Gasteiger partial charge in [-0.25, -0.2) is 4.79 Å². The van der Waals surface area contributed by atoms with Crippen molar-refractivity contribution in [1.82, 2.24) is 5.32 Å². The molecule has 1 aromatic carbocycles. The normalized spacial score (nSPS) is 13.9. The molecule has 0 bridgehead atoms. The lowest BCUT2D eigenvalue weighted by atomic mass is 10.1. The van der Waals surface area contributed by atoms with Crippen molar-refractivity contribution in [2.24, 2.45) is 0 Å². The van der Waals surface area contributed by atoms with Gasteiger partial charge in [0.2, 0.25) is 0 Å². The molecule has 114 valence electrons. The van der Waals surface area contributed by atoms with Crippen LogP contribution >= 0.6 is 0 Å². The zero-order valence-corrected chi connectivity index (χ0v) is 12.3. The highest BCUT2D eigenvalue weighted by atomic mass is 16.5. The summed E-state index contributed by atoms with van der Waals surface area (Å²) in [5.74, 6) is -1.08. The van der Waals surface area contributed by atoms with Gasteiger partial charge in [-0.2, -0.15) is 5.26 Å². The van der Waals surface area contributed by atoms with E-state index in [1.54, 1.807) is 31.2 Å². The molecule has 1 aromatic rings. The molecule has 6 nitrogen and oxygen atoms in total. The first-order chi connectivity index (χ1) is 10.7. The molecule has 0 saturated heterocycles. The Kier molecular flexibility index (Phi) is 5.15. The standard InChI is InChI=1S/C16H17N3O3/c1-2-22-16(21)13-5-3-4-6-14(13)19-15(20)11(9-17)10-18-12-7-8-12/h3-6,10,12,18H,2,7-8H2,1H3,(H,19,20)/b11-10-. The van der Waals surface area contributed by atoms with Crippen LogP contribution in [0.4, 0.5) is 5.69 Å². The first-order valence-electron chi connectivity index (χ1n) is 7.09. The minimum atomic E-state index is -0.563. The fourth-order valence-corrected chi connectivity index (χ4v) is 1.77. The zero-order valence-electron chi connectivity index (χ0n) is 12.3. The van der Waals surface area contributed by atoms with E-state index in [2.05, 4.69) is 10.6 Å². The summed E-state index contributed by atoms with van der Waals surface area (Å²) in [6.07, 6.45) is 3.50. The number of hydrogen-bond acceptors (Lipinski definition) is 5. The number of carbonyl (C=O) groups excluding carboxylic acids is 2. The van der Waals surface area contributed by atoms with Gasteiger partial charge in [-0.3, -0.25) is 4.79 Å². The Labute approximate surface area is 128 Å². The van der Waals surface area contributed by atoms with Gasteiger partial charge in [0, 0.05) is 12.2 Å². The molecule has 0 unspecified atom stereocenters. The maximum Gasteiger partial charge on any atom is 0.340 e. The van der Waals surface area contributed by atoms with Crippen molar-refractivity contribution in [2.75, 3.05) is 11.9 Å². The van der Waals surface area contributed by atoms with E-state index in [9.17, 15) is 9.59 Å². The van der Waals surface area contributed by atoms with E-state index in [-0.39, 0.29) is 17.7 Å². The van der Waals surface area contributed by atoms with Gasteiger partial charge in [0.15, 0.2) is 0 Å². The van der Waals surface area contributed by atoms with Crippen molar-refractivity contribution in [1.29, 1.82) is 5.26 Å².